The normalized spacial score (nSPS) is 15.2. The maximum atomic E-state index is 12.5. The molecule has 1 aliphatic carbocycles. The van der Waals surface area contributed by atoms with Crippen LogP contribution in [0, 0.1) is 0 Å². The molecule has 5 rings (SSSR count). The van der Waals surface area contributed by atoms with E-state index in [1.165, 1.54) is 19.3 Å². The number of nitrogens with one attached hydrogen (secondary N) is 1. The average molecular weight is 389 g/mol. The average Bonchev–Trinajstić information content (AvgIpc) is 3.37. The van der Waals surface area contributed by atoms with Gasteiger partial charge >= 0.3 is 0 Å². The minimum Gasteiger partial charge on any atom is -0.440 e. The predicted molar refractivity (Wildman–Crippen MR) is 109 cm³/mol. The smallest absolute Gasteiger partial charge is 0.251 e. The van der Waals surface area contributed by atoms with Crippen molar-refractivity contribution in [2.75, 3.05) is 6.54 Å². The van der Waals surface area contributed by atoms with E-state index in [0.717, 1.165) is 29.9 Å². The van der Waals surface area contributed by atoms with Gasteiger partial charge in [0.1, 0.15) is 5.52 Å². The van der Waals surface area contributed by atoms with E-state index in [0.29, 0.717) is 35.8 Å². The lowest BCUT2D eigenvalue weighted by molar-refractivity contribution is 0.0954. The van der Waals surface area contributed by atoms with Crippen molar-refractivity contribution >= 4 is 22.8 Å². The number of imidazole rings is 1. The Labute approximate surface area is 168 Å². The number of aromatic nitrogens is 4. The third kappa shape index (κ3) is 3.72. The predicted octanol–water partition coefficient (Wildman–Crippen LogP) is 3.89. The van der Waals surface area contributed by atoms with Gasteiger partial charge in [0.25, 0.3) is 5.91 Å². The zero-order valence-corrected chi connectivity index (χ0v) is 16.2. The molecular weight excluding hydrogens is 366 g/mol. The molecule has 148 valence electrons. The standard InChI is InChI=1S/C22H23N5O2/c28-20(23-11-9-17-14-27-12-4-10-24-22(27)25-17)16-7-8-18-19(13-16)29-21(26-18)15-5-2-1-3-6-15/h4,7-8,10,12-15H,1-3,5-6,9,11H2,(H,23,28). The third-order valence-corrected chi connectivity index (χ3v) is 5.57. The van der Waals surface area contributed by atoms with Gasteiger partial charge in [-0.2, -0.15) is 0 Å². The monoisotopic (exact) mass is 389 g/mol. The minimum absolute atomic E-state index is 0.121. The van der Waals surface area contributed by atoms with Gasteiger partial charge in [0.15, 0.2) is 11.5 Å². The van der Waals surface area contributed by atoms with Crippen LogP contribution in [0.15, 0.2) is 47.3 Å². The largest absolute Gasteiger partial charge is 0.440 e. The number of carbonyl (C=O) groups excluding carboxylic acids is 1. The molecule has 3 heterocycles. The van der Waals surface area contributed by atoms with Crippen molar-refractivity contribution < 1.29 is 9.21 Å². The van der Waals surface area contributed by atoms with Crippen molar-refractivity contribution in [3.05, 3.63) is 60.0 Å². The lowest BCUT2D eigenvalue weighted by atomic mass is 9.89. The quantitative estimate of drug-likeness (QED) is 0.560. The molecule has 0 spiro atoms. The van der Waals surface area contributed by atoms with E-state index in [1.807, 2.05) is 28.9 Å². The first-order chi connectivity index (χ1) is 14.3. The third-order valence-electron chi connectivity index (χ3n) is 5.57. The fraction of sp³-hybridized carbons (Fsp3) is 0.364. The Hall–Kier alpha value is -3.22. The summed E-state index contributed by atoms with van der Waals surface area (Å²) in [7, 11) is 0. The van der Waals surface area contributed by atoms with Gasteiger partial charge in [-0.1, -0.05) is 19.3 Å². The van der Waals surface area contributed by atoms with Crippen LogP contribution in [0.25, 0.3) is 16.9 Å². The van der Waals surface area contributed by atoms with E-state index in [-0.39, 0.29) is 5.91 Å². The van der Waals surface area contributed by atoms with E-state index >= 15 is 0 Å². The van der Waals surface area contributed by atoms with Crippen LogP contribution in [0.3, 0.4) is 0 Å². The van der Waals surface area contributed by atoms with Crippen molar-refractivity contribution in [2.45, 2.75) is 44.4 Å². The minimum atomic E-state index is -0.121. The van der Waals surface area contributed by atoms with Crippen LogP contribution in [0.2, 0.25) is 0 Å². The molecule has 1 saturated carbocycles. The molecule has 3 aromatic heterocycles. The number of benzene rings is 1. The summed E-state index contributed by atoms with van der Waals surface area (Å²) in [6.07, 6.45) is 12.2. The topological polar surface area (TPSA) is 85.3 Å². The molecule has 0 radical (unpaired) electrons. The summed E-state index contributed by atoms with van der Waals surface area (Å²) in [5.41, 5.74) is 2.98. The molecule has 1 N–H and O–H groups in total. The van der Waals surface area contributed by atoms with Gasteiger partial charge in [0.2, 0.25) is 5.78 Å². The van der Waals surface area contributed by atoms with Crippen LogP contribution in [-0.2, 0) is 6.42 Å². The number of carbonyl (C=O) groups is 1. The van der Waals surface area contributed by atoms with Crippen LogP contribution in [-0.4, -0.2) is 31.8 Å². The molecular formula is C22H23N5O2. The summed E-state index contributed by atoms with van der Waals surface area (Å²) in [6, 6.07) is 7.33. The highest BCUT2D eigenvalue weighted by atomic mass is 16.3. The number of hydrogen-bond donors (Lipinski definition) is 1. The van der Waals surface area contributed by atoms with E-state index in [9.17, 15) is 4.79 Å². The van der Waals surface area contributed by atoms with E-state index in [2.05, 4.69) is 20.3 Å². The van der Waals surface area contributed by atoms with Crippen molar-refractivity contribution in [2.24, 2.45) is 0 Å². The number of amides is 1. The second-order valence-electron chi connectivity index (χ2n) is 7.63. The summed E-state index contributed by atoms with van der Waals surface area (Å²) in [5.74, 6) is 1.77. The van der Waals surface area contributed by atoms with Crippen molar-refractivity contribution in [1.29, 1.82) is 0 Å². The number of rotatable bonds is 5. The fourth-order valence-electron chi connectivity index (χ4n) is 4.01. The Balaban J connectivity index is 1.24. The highest BCUT2D eigenvalue weighted by molar-refractivity contribution is 5.97. The molecule has 0 bridgehead atoms. The zero-order chi connectivity index (χ0) is 19.6. The molecule has 1 aromatic carbocycles. The van der Waals surface area contributed by atoms with E-state index < -0.39 is 0 Å². The molecule has 7 heteroatoms. The lowest BCUT2D eigenvalue weighted by Crippen LogP contribution is -2.25. The van der Waals surface area contributed by atoms with Crippen molar-refractivity contribution in [3.8, 4) is 0 Å². The molecule has 0 saturated heterocycles. The van der Waals surface area contributed by atoms with Gasteiger partial charge in [-0.15, -0.1) is 0 Å². The highest BCUT2D eigenvalue weighted by Gasteiger charge is 2.21. The maximum Gasteiger partial charge on any atom is 0.251 e. The second-order valence-corrected chi connectivity index (χ2v) is 7.63. The molecule has 29 heavy (non-hydrogen) atoms. The van der Waals surface area contributed by atoms with Crippen LogP contribution in [0.5, 0.6) is 0 Å². The lowest BCUT2D eigenvalue weighted by Gasteiger charge is -2.17. The molecule has 0 unspecified atom stereocenters. The Bertz CT molecular complexity index is 1120. The highest BCUT2D eigenvalue weighted by Crippen LogP contribution is 2.33. The molecule has 4 aromatic rings. The van der Waals surface area contributed by atoms with Crippen LogP contribution in [0.4, 0.5) is 0 Å². The second kappa shape index (κ2) is 7.66. The number of fused-ring (bicyclic) bond motifs is 2. The van der Waals surface area contributed by atoms with Gasteiger partial charge in [-0.3, -0.25) is 9.20 Å². The number of hydrogen-bond acceptors (Lipinski definition) is 5. The summed E-state index contributed by atoms with van der Waals surface area (Å²) < 4.78 is 7.87. The fourth-order valence-corrected chi connectivity index (χ4v) is 4.01. The SMILES string of the molecule is O=C(NCCc1cn2cccnc2n1)c1ccc2nc(C3CCCCC3)oc2c1. The number of nitrogens with zero attached hydrogens (tertiary/aromatic N) is 4. The van der Waals surface area contributed by atoms with Crippen molar-refractivity contribution in [1.82, 2.24) is 24.7 Å². The van der Waals surface area contributed by atoms with Gasteiger partial charge in [-0.25, -0.2) is 15.0 Å². The first kappa shape index (κ1) is 17.8. The molecule has 7 nitrogen and oxygen atoms in total. The summed E-state index contributed by atoms with van der Waals surface area (Å²) in [5, 5.41) is 2.96. The first-order valence-corrected chi connectivity index (χ1v) is 10.2. The van der Waals surface area contributed by atoms with Gasteiger partial charge in [0.05, 0.1) is 5.69 Å². The molecule has 0 aliphatic heterocycles. The first-order valence-electron chi connectivity index (χ1n) is 10.2. The zero-order valence-electron chi connectivity index (χ0n) is 16.2. The molecule has 1 amide bonds. The maximum absolute atomic E-state index is 12.5. The Morgan fingerprint density at radius 2 is 2.10 bits per heavy atom. The van der Waals surface area contributed by atoms with Gasteiger partial charge in [-0.05, 0) is 37.1 Å². The Morgan fingerprint density at radius 1 is 1.21 bits per heavy atom. The Kier molecular flexibility index (Phi) is 4.71. The molecule has 1 fully saturated rings. The van der Waals surface area contributed by atoms with Crippen LogP contribution < -0.4 is 5.32 Å². The van der Waals surface area contributed by atoms with Crippen molar-refractivity contribution in [3.63, 3.8) is 0 Å². The molecule has 1 aliphatic rings. The molecule has 0 atom stereocenters. The summed E-state index contributed by atoms with van der Waals surface area (Å²) >= 11 is 0. The van der Waals surface area contributed by atoms with Crippen LogP contribution in [0.1, 0.15) is 60.0 Å². The Morgan fingerprint density at radius 3 is 2.97 bits per heavy atom. The van der Waals surface area contributed by atoms with E-state index in [1.54, 1.807) is 18.3 Å². The summed E-state index contributed by atoms with van der Waals surface area (Å²) in [4.78, 5) is 25.8. The van der Waals surface area contributed by atoms with Crippen LogP contribution >= 0.6 is 0 Å². The van der Waals surface area contributed by atoms with Gasteiger partial charge in [0, 0.05) is 43.0 Å². The summed E-state index contributed by atoms with van der Waals surface area (Å²) in [6.45, 7) is 0.504. The van der Waals surface area contributed by atoms with E-state index in [4.69, 9.17) is 4.42 Å². The van der Waals surface area contributed by atoms with Gasteiger partial charge < -0.3 is 9.73 Å². The number of oxazole rings is 1.